The second-order valence-corrected chi connectivity index (χ2v) is 4.34. The van der Waals surface area contributed by atoms with Gasteiger partial charge in [-0.2, -0.15) is 0 Å². The highest BCUT2D eigenvalue weighted by Crippen LogP contribution is 2.09. The van der Waals surface area contributed by atoms with E-state index < -0.39 is 6.04 Å². The lowest BCUT2D eigenvalue weighted by atomic mass is 10.0. The summed E-state index contributed by atoms with van der Waals surface area (Å²) < 4.78 is 0. The summed E-state index contributed by atoms with van der Waals surface area (Å²) in [5.74, 6) is -0.343. The van der Waals surface area contributed by atoms with E-state index in [2.05, 4.69) is 19.2 Å². The number of unbranched alkanes of at least 4 members (excludes halogenated alkanes) is 1. The van der Waals surface area contributed by atoms with Gasteiger partial charge in [0, 0.05) is 20.5 Å². The largest absolute Gasteiger partial charge is 0.354 e. The zero-order valence-electron chi connectivity index (χ0n) is 10.7. The van der Waals surface area contributed by atoms with Gasteiger partial charge in [-0.25, -0.2) is 0 Å². The summed E-state index contributed by atoms with van der Waals surface area (Å²) in [6.07, 6.45) is 2.00. The molecule has 1 atom stereocenters. The number of likely N-dealkylation sites (N-methyl/N-ethyl adjacent to an activating group) is 1. The molecule has 0 bridgehead atoms. The first-order valence-corrected chi connectivity index (χ1v) is 5.78. The molecule has 0 aliphatic rings. The highest BCUT2D eigenvalue weighted by atomic mass is 16.2. The summed E-state index contributed by atoms with van der Waals surface area (Å²) in [7, 11) is 1.61. The van der Waals surface area contributed by atoms with Crippen LogP contribution in [-0.4, -0.2) is 36.3 Å². The molecule has 0 aromatic rings. The number of hydrogen-bond acceptors (Lipinski definition) is 2. The van der Waals surface area contributed by atoms with E-state index in [0.717, 1.165) is 12.8 Å². The molecule has 0 saturated heterocycles. The first-order chi connectivity index (χ1) is 7.41. The van der Waals surface area contributed by atoms with Crippen LogP contribution in [0.4, 0.5) is 0 Å². The highest BCUT2D eigenvalue weighted by molar-refractivity contribution is 5.89. The van der Waals surface area contributed by atoms with E-state index in [9.17, 15) is 9.59 Å². The monoisotopic (exact) mass is 227 g/mol. The quantitative estimate of drug-likeness (QED) is 0.694. The van der Waals surface area contributed by atoms with Gasteiger partial charge < -0.3 is 10.2 Å². The van der Waals surface area contributed by atoms with Crippen molar-refractivity contribution >= 4 is 11.8 Å². The Morgan fingerprint density at radius 3 is 2.31 bits per heavy atom. The molecular weight excluding hydrogens is 204 g/mol. The van der Waals surface area contributed by atoms with Crippen molar-refractivity contribution in [3.8, 4) is 0 Å². The van der Waals surface area contributed by atoms with E-state index in [1.165, 1.54) is 4.90 Å². The van der Waals surface area contributed by atoms with Crippen molar-refractivity contribution in [2.45, 2.75) is 39.7 Å². The predicted molar refractivity (Wildman–Crippen MR) is 64.7 cm³/mol. The summed E-state index contributed by atoms with van der Waals surface area (Å²) >= 11 is 0. The topological polar surface area (TPSA) is 49.4 Å². The Hall–Kier alpha value is -1.06. The van der Waals surface area contributed by atoms with E-state index in [0.29, 0.717) is 6.54 Å². The summed E-state index contributed by atoms with van der Waals surface area (Å²) in [4.78, 5) is 24.4. The van der Waals surface area contributed by atoms with Crippen LogP contribution in [0.15, 0.2) is 0 Å². The van der Waals surface area contributed by atoms with Gasteiger partial charge in [-0.3, -0.25) is 9.59 Å². The fourth-order valence-corrected chi connectivity index (χ4v) is 1.57. The molecule has 0 spiro atoms. The molecule has 1 radical (unpaired) electrons. The lowest BCUT2D eigenvalue weighted by molar-refractivity contribution is -0.137. The third-order valence-electron chi connectivity index (χ3n) is 2.54. The van der Waals surface area contributed by atoms with Gasteiger partial charge in [0.25, 0.3) is 0 Å². The van der Waals surface area contributed by atoms with Crippen LogP contribution in [0.1, 0.15) is 33.6 Å². The van der Waals surface area contributed by atoms with Crippen LogP contribution < -0.4 is 5.32 Å². The fraction of sp³-hybridized carbons (Fsp3) is 0.750. The van der Waals surface area contributed by atoms with E-state index in [1.807, 2.05) is 13.8 Å². The maximum absolute atomic E-state index is 11.9. The van der Waals surface area contributed by atoms with Gasteiger partial charge in [0.2, 0.25) is 11.8 Å². The third kappa shape index (κ3) is 4.64. The molecule has 4 heteroatoms. The Balaban J connectivity index is 4.41. The second kappa shape index (κ2) is 7.25. The van der Waals surface area contributed by atoms with Gasteiger partial charge in [0.05, 0.1) is 0 Å². The Bertz CT molecular complexity index is 239. The van der Waals surface area contributed by atoms with E-state index >= 15 is 0 Å². The van der Waals surface area contributed by atoms with Crippen molar-refractivity contribution in [1.29, 1.82) is 0 Å². The zero-order chi connectivity index (χ0) is 12.7. The summed E-state index contributed by atoms with van der Waals surface area (Å²) in [6, 6.07) is -0.429. The molecule has 0 aliphatic carbocycles. The first kappa shape index (κ1) is 14.9. The second-order valence-electron chi connectivity index (χ2n) is 4.34. The minimum absolute atomic E-state index is 0.0809. The van der Waals surface area contributed by atoms with Crippen molar-refractivity contribution in [2.24, 2.45) is 5.92 Å². The average molecular weight is 227 g/mol. The summed E-state index contributed by atoms with van der Waals surface area (Å²) in [6.45, 7) is 9.90. The number of carbonyl (C=O) groups is 2. The van der Waals surface area contributed by atoms with Crippen molar-refractivity contribution in [3.63, 3.8) is 0 Å². The number of nitrogens with zero attached hydrogens (tertiary/aromatic N) is 1. The molecule has 0 heterocycles. The van der Waals surface area contributed by atoms with Crippen LogP contribution in [0.5, 0.6) is 0 Å². The molecule has 93 valence electrons. The number of hydrogen-bond donors (Lipinski definition) is 1. The molecule has 0 aromatic heterocycles. The Kier molecular flexibility index (Phi) is 6.77. The van der Waals surface area contributed by atoms with Gasteiger partial charge in [0.1, 0.15) is 6.04 Å². The van der Waals surface area contributed by atoms with Crippen LogP contribution in [0, 0.1) is 12.8 Å². The molecule has 0 rings (SSSR count). The van der Waals surface area contributed by atoms with Crippen molar-refractivity contribution in [1.82, 2.24) is 10.2 Å². The van der Waals surface area contributed by atoms with Crippen LogP contribution in [-0.2, 0) is 9.59 Å². The Morgan fingerprint density at radius 2 is 1.94 bits per heavy atom. The Labute approximate surface area is 98.4 Å². The Morgan fingerprint density at radius 1 is 1.38 bits per heavy atom. The SMILES string of the molecule is [CH2]C(=O)N(C)C(C(=O)NCCCC)C(C)C. The van der Waals surface area contributed by atoms with E-state index in [4.69, 9.17) is 0 Å². The number of amides is 2. The van der Waals surface area contributed by atoms with Crippen molar-refractivity contribution in [3.05, 3.63) is 6.92 Å². The van der Waals surface area contributed by atoms with Gasteiger partial charge >= 0.3 is 0 Å². The van der Waals surface area contributed by atoms with Crippen LogP contribution in [0.25, 0.3) is 0 Å². The van der Waals surface area contributed by atoms with E-state index in [1.54, 1.807) is 7.05 Å². The zero-order valence-corrected chi connectivity index (χ0v) is 10.7. The summed E-state index contributed by atoms with van der Waals surface area (Å²) in [5, 5.41) is 2.84. The number of rotatable bonds is 6. The van der Waals surface area contributed by atoms with Crippen LogP contribution >= 0.6 is 0 Å². The average Bonchev–Trinajstić information content (AvgIpc) is 2.17. The molecular formula is C12H23N2O2. The third-order valence-corrected chi connectivity index (χ3v) is 2.54. The fourth-order valence-electron chi connectivity index (χ4n) is 1.57. The van der Waals surface area contributed by atoms with Gasteiger partial charge in [-0.1, -0.05) is 27.2 Å². The van der Waals surface area contributed by atoms with Gasteiger partial charge in [-0.15, -0.1) is 0 Å². The van der Waals surface area contributed by atoms with Gasteiger partial charge in [0.15, 0.2) is 0 Å². The maximum Gasteiger partial charge on any atom is 0.243 e. The molecule has 0 aromatic carbocycles. The van der Waals surface area contributed by atoms with Crippen molar-refractivity contribution in [2.75, 3.05) is 13.6 Å². The molecule has 16 heavy (non-hydrogen) atoms. The normalized spacial score (nSPS) is 12.4. The molecule has 2 amide bonds. The highest BCUT2D eigenvalue weighted by Gasteiger charge is 2.27. The molecule has 0 fully saturated rings. The van der Waals surface area contributed by atoms with Crippen LogP contribution in [0.2, 0.25) is 0 Å². The standard InChI is InChI=1S/C12H23N2O2/c1-6-7-8-13-12(16)11(9(2)3)14(5)10(4)15/h9,11H,4,6-8H2,1-3,5H3,(H,13,16). The molecule has 1 N–H and O–H groups in total. The van der Waals surface area contributed by atoms with Gasteiger partial charge in [-0.05, 0) is 12.3 Å². The molecule has 1 unspecified atom stereocenters. The van der Waals surface area contributed by atoms with E-state index in [-0.39, 0.29) is 17.7 Å². The lowest BCUT2D eigenvalue weighted by Crippen LogP contribution is -2.50. The maximum atomic E-state index is 11.9. The number of nitrogens with one attached hydrogen (secondary N) is 1. The molecule has 0 aliphatic heterocycles. The minimum atomic E-state index is -0.429. The lowest BCUT2D eigenvalue weighted by Gasteiger charge is -2.29. The smallest absolute Gasteiger partial charge is 0.243 e. The minimum Gasteiger partial charge on any atom is -0.354 e. The van der Waals surface area contributed by atoms with Crippen molar-refractivity contribution < 1.29 is 9.59 Å². The molecule has 4 nitrogen and oxygen atoms in total. The molecule has 0 saturated carbocycles. The summed E-state index contributed by atoms with van der Waals surface area (Å²) in [5.41, 5.74) is 0. The first-order valence-electron chi connectivity index (χ1n) is 5.78. The van der Waals surface area contributed by atoms with Crippen LogP contribution in [0.3, 0.4) is 0 Å². The predicted octanol–water partition coefficient (Wildman–Crippen LogP) is 1.22. The number of carbonyl (C=O) groups excluding carboxylic acids is 2.